The van der Waals surface area contributed by atoms with Crippen LogP contribution in [-0.4, -0.2) is 37.6 Å². The van der Waals surface area contributed by atoms with Crippen molar-refractivity contribution >= 4 is 28.8 Å². The first-order valence-electron chi connectivity index (χ1n) is 8.82. The topological polar surface area (TPSA) is 69.9 Å². The van der Waals surface area contributed by atoms with Crippen LogP contribution in [0.1, 0.15) is 34.1 Å². The number of para-hydroxylation sites is 1. The standard InChI is InChI=1S/C17H18N4O2S.C2H6/c1-3-14(17(22)23-4-2)24-16-13-10-20-21(15(13)18-11-19-16)12-8-6-5-7-9-12;1-2/h5-11,14H,3-4H2,1-2H3;1-2H3. The van der Waals surface area contributed by atoms with Crippen molar-refractivity contribution in [2.45, 2.75) is 44.4 Å². The van der Waals surface area contributed by atoms with Crippen molar-refractivity contribution in [1.29, 1.82) is 0 Å². The van der Waals surface area contributed by atoms with Gasteiger partial charge in [0.25, 0.3) is 0 Å². The zero-order valence-corrected chi connectivity index (χ0v) is 16.4. The maximum absolute atomic E-state index is 12.0. The quantitative estimate of drug-likeness (QED) is 0.365. The zero-order valence-electron chi connectivity index (χ0n) is 15.5. The van der Waals surface area contributed by atoms with Gasteiger partial charge < -0.3 is 4.74 Å². The molecule has 2 heterocycles. The van der Waals surface area contributed by atoms with E-state index < -0.39 is 0 Å². The van der Waals surface area contributed by atoms with Gasteiger partial charge >= 0.3 is 5.97 Å². The lowest BCUT2D eigenvalue weighted by Crippen LogP contribution is -2.19. The summed E-state index contributed by atoms with van der Waals surface area (Å²) in [6.07, 6.45) is 3.91. The molecule has 0 fully saturated rings. The van der Waals surface area contributed by atoms with E-state index >= 15 is 0 Å². The predicted octanol–water partition coefficient (Wildman–Crippen LogP) is 4.28. The van der Waals surface area contributed by atoms with Crippen molar-refractivity contribution in [3.8, 4) is 5.69 Å². The van der Waals surface area contributed by atoms with E-state index in [1.807, 2.05) is 58.0 Å². The van der Waals surface area contributed by atoms with Crippen LogP contribution in [0.4, 0.5) is 0 Å². The molecule has 0 N–H and O–H groups in total. The van der Waals surface area contributed by atoms with Crippen molar-refractivity contribution in [3.63, 3.8) is 0 Å². The van der Waals surface area contributed by atoms with Gasteiger partial charge in [0.2, 0.25) is 0 Å². The van der Waals surface area contributed by atoms with Crippen LogP contribution in [0.5, 0.6) is 0 Å². The fourth-order valence-corrected chi connectivity index (χ4v) is 3.32. The molecule has 6 nitrogen and oxygen atoms in total. The summed E-state index contributed by atoms with van der Waals surface area (Å²) < 4.78 is 6.90. The van der Waals surface area contributed by atoms with Crippen molar-refractivity contribution in [2.24, 2.45) is 0 Å². The predicted molar refractivity (Wildman–Crippen MR) is 105 cm³/mol. The number of thioether (sulfide) groups is 1. The first kappa shape index (κ1) is 19.9. The molecule has 0 saturated heterocycles. The van der Waals surface area contributed by atoms with Crippen LogP contribution in [0.3, 0.4) is 0 Å². The van der Waals surface area contributed by atoms with Crippen LogP contribution in [-0.2, 0) is 9.53 Å². The average molecular weight is 372 g/mol. The fraction of sp³-hybridized carbons (Fsp3) is 0.368. The SMILES string of the molecule is CC.CCOC(=O)C(CC)Sc1ncnc2c1cnn2-c1ccccc1. The van der Waals surface area contributed by atoms with Crippen LogP contribution in [0.25, 0.3) is 16.7 Å². The summed E-state index contributed by atoms with van der Waals surface area (Å²) in [6, 6.07) is 9.79. The van der Waals surface area contributed by atoms with E-state index in [1.54, 1.807) is 10.9 Å². The molecular formula is C19H24N4O2S. The maximum atomic E-state index is 12.0. The number of hydrogen-bond acceptors (Lipinski definition) is 6. The van der Waals surface area contributed by atoms with Crippen LogP contribution in [0.2, 0.25) is 0 Å². The second-order valence-electron chi connectivity index (χ2n) is 5.07. The molecule has 0 saturated carbocycles. The minimum absolute atomic E-state index is 0.216. The molecule has 7 heteroatoms. The van der Waals surface area contributed by atoms with E-state index in [4.69, 9.17) is 4.74 Å². The lowest BCUT2D eigenvalue weighted by atomic mass is 10.3. The number of nitrogens with zero attached hydrogens (tertiary/aromatic N) is 4. The van der Waals surface area contributed by atoms with Crippen molar-refractivity contribution in [3.05, 3.63) is 42.9 Å². The molecule has 0 aliphatic heterocycles. The van der Waals surface area contributed by atoms with E-state index in [9.17, 15) is 4.79 Å². The fourth-order valence-electron chi connectivity index (χ4n) is 2.34. The number of rotatable bonds is 6. The number of hydrogen-bond donors (Lipinski definition) is 0. The molecule has 1 atom stereocenters. The number of carbonyl (C=O) groups is 1. The Morgan fingerprint density at radius 2 is 1.92 bits per heavy atom. The molecule has 1 aromatic carbocycles. The Balaban J connectivity index is 0.00000117. The van der Waals surface area contributed by atoms with Gasteiger partial charge in [0, 0.05) is 0 Å². The highest BCUT2D eigenvalue weighted by molar-refractivity contribution is 8.00. The molecule has 0 bridgehead atoms. The Morgan fingerprint density at radius 3 is 2.58 bits per heavy atom. The lowest BCUT2D eigenvalue weighted by Gasteiger charge is -2.12. The van der Waals surface area contributed by atoms with Crippen LogP contribution in [0, 0.1) is 0 Å². The van der Waals surface area contributed by atoms with Gasteiger partial charge in [-0.25, -0.2) is 14.6 Å². The third-order valence-electron chi connectivity index (χ3n) is 3.50. The van der Waals surface area contributed by atoms with E-state index in [1.165, 1.54) is 18.1 Å². The summed E-state index contributed by atoms with van der Waals surface area (Å²) in [6.45, 7) is 8.14. The molecule has 26 heavy (non-hydrogen) atoms. The molecule has 0 radical (unpaired) electrons. The molecule has 138 valence electrons. The summed E-state index contributed by atoms with van der Waals surface area (Å²) in [7, 11) is 0. The van der Waals surface area contributed by atoms with Gasteiger partial charge in [-0.2, -0.15) is 5.10 Å². The van der Waals surface area contributed by atoms with Gasteiger partial charge in [-0.3, -0.25) is 4.79 Å². The molecule has 3 aromatic rings. The molecule has 0 spiro atoms. The van der Waals surface area contributed by atoms with Crippen molar-refractivity contribution in [2.75, 3.05) is 6.61 Å². The highest BCUT2D eigenvalue weighted by Gasteiger charge is 2.22. The van der Waals surface area contributed by atoms with Crippen LogP contribution in [0.15, 0.2) is 47.9 Å². The van der Waals surface area contributed by atoms with Gasteiger partial charge in [0.05, 0.1) is 23.9 Å². The van der Waals surface area contributed by atoms with Gasteiger partial charge in [0.15, 0.2) is 5.65 Å². The molecule has 0 amide bonds. The van der Waals surface area contributed by atoms with Crippen LogP contribution < -0.4 is 0 Å². The minimum Gasteiger partial charge on any atom is -0.465 e. The first-order chi connectivity index (χ1) is 12.7. The van der Waals surface area contributed by atoms with Crippen molar-refractivity contribution < 1.29 is 9.53 Å². The van der Waals surface area contributed by atoms with Gasteiger partial charge in [0.1, 0.15) is 16.6 Å². The molecule has 0 aliphatic carbocycles. The second kappa shape index (κ2) is 9.91. The highest BCUT2D eigenvalue weighted by atomic mass is 32.2. The Bertz CT molecular complexity index is 836. The van der Waals surface area contributed by atoms with E-state index in [2.05, 4.69) is 15.1 Å². The molecule has 1 unspecified atom stereocenters. The smallest absolute Gasteiger partial charge is 0.319 e. The normalized spacial score (nSPS) is 11.5. The molecular weight excluding hydrogens is 348 g/mol. The number of fused-ring (bicyclic) bond motifs is 1. The highest BCUT2D eigenvalue weighted by Crippen LogP contribution is 2.30. The Hall–Kier alpha value is -2.41. The summed E-state index contributed by atoms with van der Waals surface area (Å²) in [5.74, 6) is -0.216. The summed E-state index contributed by atoms with van der Waals surface area (Å²) >= 11 is 1.40. The number of carbonyl (C=O) groups excluding carboxylic acids is 1. The lowest BCUT2D eigenvalue weighted by molar-refractivity contribution is -0.142. The molecule has 2 aromatic heterocycles. The molecule has 0 aliphatic rings. The van der Waals surface area contributed by atoms with E-state index in [0.717, 1.165) is 21.7 Å². The van der Waals surface area contributed by atoms with Gasteiger partial charge in [-0.1, -0.05) is 50.7 Å². The van der Waals surface area contributed by atoms with E-state index in [-0.39, 0.29) is 11.2 Å². The Kier molecular flexibility index (Phi) is 7.59. The number of benzene rings is 1. The molecule has 3 rings (SSSR count). The number of aromatic nitrogens is 4. The summed E-state index contributed by atoms with van der Waals surface area (Å²) in [4.78, 5) is 20.7. The number of esters is 1. The average Bonchev–Trinajstić information content (AvgIpc) is 3.13. The zero-order chi connectivity index (χ0) is 18.9. The third kappa shape index (κ3) is 4.40. The van der Waals surface area contributed by atoms with Crippen LogP contribution >= 0.6 is 11.8 Å². The largest absolute Gasteiger partial charge is 0.465 e. The monoisotopic (exact) mass is 372 g/mol. The first-order valence-corrected chi connectivity index (χ1v) is 9.70. The Morgan fingerprint density at radius 1 is 1.19 bits per heavy atom. The Labute approximate surface area is 158 Å². The maximum Gasteiger partial charge on any atom is 0.319 e. The van der Waals surface area contributed by atoms with Gasteiger partial charge in [-0.05, 0) is 25.5 Å². The third-order valence-corrected chi connectivity index (χ3v) is 4.86. The van der Waals surface area contributed by atoms with Gasteiger partial charge in [-0.15, -0.1) is 0 Å². The number of ether oxygens (including phenoxy) is 1. The van der Waals surface area contributed by atoms with Crippen molar-refractivity contribution in [1.82, 2.24) is 19.7 Å². The summed E-state index contributed by atoms with van der Waals surface area (Å²) in [5, 5.41) is 5.70. The second-order valence-corrected chi connectivity index (χ2v) is 6.27. The summed E-state index contributed by atoms with van der Waals surface area (Å²) in [5.41, 5.74) is 1.65. The van der Waals surface area contributed by atoms with E-state index in [0.29, 0.717) is 13.0 Å². The minimum atomic E-state index is -0.289.